The second-order valence-electron chi connectivity index (χ2n) is 6.91. The van der Waals surface area contributed by atoms with Gasteiger partial charge in [-0.1, -0.05) is 18.2 Å². The van der Waals surface area contributed by atoms with Gasteiger partial charge < -0.3 is 19.4 Å². The van der Waals surface area contributed by atoms with Crippen LogP contribution in [0.1, 0.15) is 31.6 Å². The van der Waals surface area contributed by atoms with Gasteiger partial charge in [-0.05, 0) is 49.7 Å². The molecule has 0 spiro atoms. The van der Waals surface area contributed by atoms with Crippen molar-refractivity contribution in [1.29, 1.82) is 0 Å². The number of para-hydroxylation sites is 1. The van der Waals surface area contributed by atoms with Crippen molar-refractivity contribution < 1.29 is 18.7 Å². The number of anilines is 1. The average molecular weight is 378 g/mol. The van der Waals surface area contributed by atoms with Crippen molar-refractivity contribution >= 4 is 28.5 Å². The summed E-state index contributed by atoms with van der Waals surface area (Å²) in [6, 6.07) is 16.6. The zero-order valence-electron chi connectivity index (χ0n) is 15.7. The summed E-state index contributed by atoms with van der Waals surface area (Å²) in [5.41, 5.74) is 1.66. The predicted molar refractivity (Wildman–Crippen MR) is 106 cm³/mol. The number of carbonyl (C=O) groups is 2. The number of furan rings is 1. The molecule has 144 valence electrons. The first-order chi connectivity index (χ1) is 13.6. The van der Waals surface area contributed by atoms with E-state index in [-0.39, 0.29) is 24.5 Å². The van der Waals surface area contributed by atoms with Gasteiger partial charge in [-0.25, -0.2) is 0 Å². The van der Waals surface area contributed by atoms with Crippen molar-refractivity contribution in [3.63, 3.8) is 0 Å². The van der Waals surface area contributed by atoms with Crippen molar-refractivity contribution in [3.8, 4) is 5.75 Å². The minimum Gasteiger partial charge on any atom is -0.484 e. The lowest BCUT2D eigenvalue weighted by Crippen LogP contribution is -2.31. The molecule has 6 nitrogen and oxygen atoms in total. The first kappa shape index (κ1) is 18.1. The van der Waals surface area contributed by atoms with Gasteiger partial charge in [-0.15, -0.1) is 0 Å². The number of amides is 2. The van der Waals surface area contributed by atoms with Gasteiger partial charge in [0.2, 0.25) is 5.91 Å². The summed E-state index contributed by atoms with van der Waals surface area (Å²) in [7, 11) is 0. The molecule has 1 saturated heterocycles. The second kappa shape index (κ2) is 7.76. The Morgan fingerprint density at radius 2 is 2.00 bits per heavy atom. The molecule has 0 bridgehead atoms. The van der Waals surface area contributed by atoms with E-state index in [9.17, 15) is 9.59 Å². The van der Waals surface area contributed by atoms with Crippen molar-refractivity contribution in [2.45, 2.75) is 25.8 Å². The lowest BCUT2D eigenvalue weighted by Gasteiger charge is -2.16. The molecule has 1 atom stereocenters. The molecular weight excluding hydrogens is 356 g/mol. The van der Waals surface area contributed by atoms with Gasteiger partial charge in [0, 0.05) is 24.0 Å². The van der Waals surface area contributed by atoms with E-state index in [1.807, 2.05) is 49.4 Å². The average Bonchev–Trinajstić information content (AvgIpc) is 3.33. The fourth-order valence-electron chi connectivity index (χ4n) is 3.36. The molecule has 1 N–H and O–H groups in total. The number of hydrogen-bond donors (Lipinski definition) is 1. The van der Waals surface area contributed by atoms with E-state index in [0.717, 1.165) is 29.6 Å². The first-order valence-corrected chi connectivity index (χ1v) is 9.41. The summed E-state index contributed by atoms with van der Waals surface area (Å²) < 4.78 is 11.3. The minimum absolute atomic E-state index is 0.0907. The van der Waals surface area contributed by atoms with Crippen molar-refractivity contribution in [1.82, 2.24) is 5.32 Å². The fourth-order valence-corrected chi connectivity index (χ4v) is 3.36. The summed E-state index contributed by atoms with van der Waals surface area (Å²) in [5, 5.41) is 3.88. The van der Waals surface area contributed by atoms with Crippen LogP contribution in [0.2, 0.25) is 0 Å². The number of fused-ring (bicyclic) bond motifs is 1. The van der Waals surface area contributed by atoms with Crippen molar-refractivity contribution in [2.24, 2.45) is 0 Å². The highest BCUT2D eigenvalue weighted by Gasteiger charge is 2.21. The van der Waals surface area contributed by atoms with Gasteiger partial charge in [0.15, 0.2) is 6.61 Å². The van der Waals surface area contributed by atoms with Crippen LogP contribution in [-0.4, -0.2) is 25.0 Å². The minimum atomic E-state index is -0.257. The summed E-state index contributed by atoms with van der Waals surface area (Å²) in [6.45, 7) is 2.53. The number of benzene rings is 2. The number of rotatable bonds is 6. The Labute approximate surface area is 163 Å². The van der Waals surface area contributed by atoms with Crippen LogP contribution in [0.4, 0.5) is 5.69 Å². The SMILES string of the molecule is CC(NC(=O)COc1ccc(N2CCCC2=O)cc1)c1cc2ccccc2o1. The number of nitrogens with zero attached hydrogens (tertiary/aromatic N) is 1. The third-order valence-electron chi connectivity index (χ3n) is 4.84. The van der Waals surface area contributed by atoms with Gasteiger partial charge in [0.1, 0.15) is 17.1 Å². The quantitative estimate of drug-likeness (QED) is 0.708. The maximum Gasteiger partial charge on any atom is 0.258 e. The molecule has 0 radical (unpaired) electrons. The normalized spacial score (nSPS) is 15.0. The molecule has 1 fully saturated rings. The van der Waals surface area contributed by atoms with E-state index >= 15 is 0 Å². The third kappa shape index (κ3) is 3.86. The second-order valence-corrected chi connectivity index (χ2v) is 6.91. The van der Waals surface area contributed by atoms with Gasteiger partial charge in [-0.3, -0.25) is 9.59 Å². The summed E-state index contributed by atoms with van der Waals surface area (Å²) in [4.78, 5) is 25.8. The predicted octanol–water partition coefficient (Wildman–Crippen LogP) is 3.82. The van der Waals surface area contributed by atoms with Gasteiger partial charge >= 0.3 is 0 Å². The zero-order chi connectivity index (χ0) is 19.5. The van der Waals surface area contributed by atoms with Crippen LogP contribution in [0, 0.1) is 0 Å². The van der Waals surface area contributed by atoms with Crippen molar-refractivity contribution in [3.05, 3.63) is 60.4 Å². The lowest BCUT2D eigenvalue weighted by atomic mass is 10.2. The molecule has 1 unspecified atom stereocenters. The molecule has 0 saturated carbocycles. The van der Waals surface area contributed by atoms with Gasteiger partial charge in [-0.2, -0.15) is 0 Å². The van der Waals surface area contributed by atoms with E-state index < -0.39 is 0 Å². The van der Waals surface area contributed by atoms with Crippen LogP contribution in [0.25, 0.3) is 11.0 Å². The number of ether oxygens (including phenoxy) is 1. The Morgan fingerprint density at radius 3 is 2.71 bits per heavy atom. The molecule has 3 aromatic rings. The zero-order valence-corrected chi connectivity index (χ0v) is 15.7. The number of carbonyl (C=O) groups excluding carboxylic acids is 2. The van der Waals surface area contributed by atoms with Crippen molar-refractivity contribution in [2.75, 3.05) is 18.1 Å². The summed E-state index contributed by atoms with van der Waals surface area (Å²) >= 11 is 0. The highest BCUT2D eigenvalue weighted by atomic mass is 16.5. The smallest absolute Gasteiger partial charge is 0.258 e. The monoisotopic (exact) mass is 378 g/mol. The van der Waals surface area contributed by atoms with Crippen LogP contribution in [-0.2, 0) is 9.59 Å². The maximum absolute atomic E-state index is 12.2. The fraction of sp³-hybridized carbons (Fsp3) is 0.273. The first-order valence-electron chi connectivity index (χ1n) is 9.41. The summed E-state index contributed by atoms with van der Waals surface area (Å²) in [5.74, 6) is 1.20. The molecule has 2 amide bonds. The van der Waals surface area contributed by atoms with Crippen LogP contribution in [0.3, 0.4) is 0 Å². The molecule has 1 aliphatic heterocycles. The third-order valence-corrected chi connectivity index (χ3v) is 4.84. The Balaban J connectivity index is 1.30. The van der Waals surface area contributed by atoms with E-state index in [1.54, 1.807) is 17.0 Å². The number of hydrogen-bond acceptors (Lipinski definition) is 4. The van der Waals surface area contributed by atoms with E-state index in [1.165, 1.54) is 0 Å². The Bertz CT molecular complexity index is 960. The van der Waals surface area contributed by atoms with Crippen LogP contribution < -0.4 is 15.0 Å². The molecule has 0 aliphatic carbocycles. The molecular formula is C22H22N2O4. The molecule has 4 rings (SSSR count). The molecule has 2 heterocycles. The highest BCUT2D eigenvalue weighted by Crippen LogP contribution is 2.25. The molecule has 1 aliphatic rings. The van der Waals surface area contributed by atoms with Gasteiger partial charge in [0.25, 0.3) is 5.91 Å². The summed E-state index contributed by atoms with van der Waals surface area (Å²) in [6.07, 6.45) is 1.49. The highest BCUT2D eigenvalue weighted by molar-refractivity contribution is 5.95. The van der Waals surface area contributed by atoms with Crippen LogP contribution >= 0.6 is 0 Å². The molecule has 6 heteroatoms. The van der Waals surface area contributed by atoms with Gasteiger partial charge in [0.05, 0.1) is 6.04 Å². The van der Waals surface area contributed by atoms with E-state index in [4.69, 9.17) is 9.15 Å². The molecule has 2 aromatic carbocycles. The molecule has 28 heavy (non-hydrogen) atoms. The Hall–Kier alpha value is -3.28. The lowest BCUT2D eigenvalue weighted by molar-refractivity contribution is -0.123. The Morgan fingerprint density at radius 1 is 1.21 bits per heavy atom. The van der Waals surface area contributed by atoms with E-state index in [2.05, 4.69) is 5.32 Å². The van der Waals surface area contributed by atoms with E-state index in [0.29, 0.717) is 17.9 Å². The van der Waals surface area contributed by atoms with Crippen LogP contribution in [0.15, 0.2) is 59.0 Å². The number of nitrogens with one attached hydrogen (secondary N) is 1. The standard InChI is InChI=1S/C22H22N2O4/c1-15(20-13-16-5-2-3-6-19(16)28-20)23-21(25)14-27-18-10-8-17(9-11-18)24-12-4-7-22(24)26/h2-3,5-6,8-11,13,15H,4,7,12,14H2,1H3,(H,23,25). The topological polar surface area (TPSA) is 71.8 Å². The maximum atomic E-state index is 12.2. The molecule has 1 aromatic heterocycles. The Kier molecular flexibility index (Phi) is 5.02. The van der Waals surface area contributed by atoms with Crippen LogP contribution in [0.5, 0.6) is 5.75 Å². The largest absolute Gasteiger partial charge is 0.484 e.